The molecule has 0 aliphatic heterocycles. The molecule has 7 heteroatoms. The lowest BCUT2D eigenvalue weighted by molar-refractivity contribution is -0.140. The van der Waals surface area contributed by atoms with Crippen LogP contribution in [0.5, 0.6) is 0 Å². The highest BCUT2D eigenvalue weighted by Gasteiger charge is 2.28. The van der Waals surface area contributed by atoms with E-state index < -0.39 is 11.6 Å². The third kappa shape index (κ3) is 7.22. The number of hydrogen-bond acceptors (Lipinski definition) is 2. The van der Waals surface area contributed by atoms with Gasteiger partial charge in [0.1, 0.15) is 6.04 Å². The lowest BCUT2D eigenvalue weighted by Gasteiger charge is -2.31. The third-order valence-electron chi connectivity index (χ3n) is 4.25. The summed E-state index contributed by atoms with van der Waals surface area (Å²) < 4.78 is 0. The van der Waals surface area contributed by atoms with Crippen molar-refractivity contribution in [2.75, 3.05) is 0 Å². The second-order valence-electron chi connectivity index (χ2n) is 7.99. The summed E-state index contributed by atoms with van der Waals surface area (Å²) in [6.07, 6.45) is 0.102. The van der Waals surface area contributed by atoms with Gasteiger partial charge in [0.25, 0.3) is 0 Å². The van der Waals surface area contributed by atoms with E-state index in [9.17, 15) is 9.59 Å². The summed E-state index contributed by atoms with van der Waals surface area (Å²) in [6, 6.07) is 11.7. The Hall–Kier alpha value is -1.75. The zero-order valence-electron chi connectivity index (χ0n) is 16.9. The molecule has 0 unspecified atom stereocenters. The number of benzene rings is 2. The summed E-state index contributed by atoms with van der Waals surface area (Å²) in [7, 11) is 0. The van der Waals surface area contributed by atoms with Crippen molar-refractivity contribution in [3.05, 3.63) is 68.7 Å². The molecule has 0 heterocycles. The molecule has 1 atom stereocenters. The van der Waals surface area contributed by atoms with E-state index in [1.807, 2.05) is 32.9 Å². The predicted molar refractivity (Wildman–Crippen MR) is 120 cm³/mol. The smallest absolute Gasteiger partial charge is 0.242 e. The maximum Gasteiger partial charge on any atom is 0.242 e. The fourth-order valence-corrected chi connectivity index (χ4v) is 3.35. The Balaban J connectivity index is 2.27. The normalized spacial score (nSPS) is 12.4. The number of hydrogen-bond donors (Lipinski definition) is 1. The molecule has 4 nitrogen and oxygen atoms in total. The highest BCUT2D eigenvalue weighted by atomic mass is 35.5. The number of amides is 2. The Labute approximate surface area is 187 Å². The van der Waals surface area contributed by atoms with Crippen LogP contribution in [-0.4, -0.2) is 28.3 Å². The summed E-state index contributed by atoms with van der Waals surface area (Å²) >= 11 is 18.1. The van der Waals surface area contributed by atoms with Crippen molar-refractivity contribution in [1.29, 1.82) is 0 Å². The van der Waals surface area contributed by atoms with Gasteiger partial charge in [-0.1, -0.05) is 53.0 Å². The molecule has 0 fully saturated rings. The minimum Gasteiger partial charge on any atom is -0.350 e. The molecule has 0 saturated heterocycles. The SMILES string of the molecule is C[C@H](C(=O)NC(C)(C)C)N(Cc1cccc(Cl)c1)C(=O)Cc1ccc(Cl)c(Cl)c1. The van der Waals surface area contributed by atoms with Gasteiger partial charge in [-0.15, -0.1) is 0 Å². The van der Waals surface area contributed by atoms with Crippen molar-refractivity contribution < 1.29 is 9.59 Å². The van der Waals surface area contributed by atoms with Crippen molar-refractivity contribution in [2.45, 2.75) is 52.2 Å². The quantitative estimate of drug-likeness (QED) is 0.623. The summed E-state index contributed by atoms with van der Waals surface area (Å²) in [6.45, 7) is 7.68. The minimum absolute atomic E-state index is 0.102. The lowest BCUT2D eigenvalue weighted by Crippen LogP contribution is -2.52. The Kier molecular flexibility index (Phi) is 7.98. The second-order valence-corrected chi connectivity index (χ2v) is 9.24. The highest BCUT2D eigenvalue weighted by molar-refractivity contribution is 6.42. The molecule has 2 aromatic carbocycles. The van der Waals surface area contributed by atoms with Gasteiger partial charge in [0.2, 0.25) is 11.8 Å². The van der Waals surface area contributed by atoms with Crippen LogP contribution in [0.4, 0.5) is 0 Å². The van der Waals surface area contributed by atoms with Crippen molar-refractivity contribution >= 4 is 46.6 Å². The van der Waals surface area contributed by atoms with Crippen molar-refractivity contribution in [2.24, 2.45) is 0 Å². The van der Waals surface area contributed by atoms with E-state index in [1.54, 1.807) is 42.2 Å². The zero-order chi connectivity index (χ0) is 21.8. The van der Waals surface area contributed by atoms with Gasteiger partial charge in [-0.3, -0.25) is 9.59 Å². The predicted octanol–water partition coefficient (Wildman–Crippen LogP) is 5.52. The van der Waals surface area contributed by atoms with Gasteiger partial charge >= 0.3 is 0 Å². The molecular formula is C22H25Cl3N2O2. The van der Waals surface area contributed by atoms with Gasteiger partial charge in [-0.05, 0) is 63.1 Å². The first-order chi connectivity index (χ1) is 13.5. The number of nitrogens with one attached hydrogen (secondary N) is 1. The first-order valence-electron chi connectivity index (χ1n) is 9.26. The first kappa shape index (κ1) is 23.5. The van der Waals surface area contributed by atoms with Crippen molar-refractivity contribution in [1.82, 2.24) is 10.2 Å². The largest absolute Gasteiger partial charge is 0.350 e. The van der Waals surface area contributed by atoms with E-state index in [0.29, 0.717) is 15.1 Å². The molecule has 29 heavy (non-hydrogen) atoms. The van der Waals surface area contributed by atoms with E-state index >= 15 is 0 Å². The van der Waals surface area contributed by atoms with Crippen LogP contribution in [0.1, 0.15) is 38.8 Å². The van der Waals surface area contributed by atoms with Crippen LogP contribution in [0.3, 0.4) is 0 Å². The van der Waals surface area contributed by atoms with Crippen LogP contribution in [0.15, 0.2) is 42.5 Å². The number of halogens is 3. The zero-order valence-corrected chi connectivity index (χ0v) is 19.2. The summed E-state index contributed by atoms with van der Waals surface area (Å²) in [4.78, 5) is 27.4. The molecule has 2 amide bonds. The average Bonchev–Trinajstić information content (AvgIpc) is 2.60. The molecule has 0 aliphatic carbocycles. The number of rotatable bonds is 6. The number of carbonyl (C=O) groups is 2. The maximum absolute atomic E-state index is 13.1. The van der Waals surface area contributed by atoms with E-state index in [0.717, 1.165) is 11.1 Å². The highest BCUT2D eigenvalue weighted by Crippen LogP contribution is 2.23. The Bertz CT molecular complexity index is 894. The van der Waals surface area contributed by atoms with Gasteiger partial charge in [-0.2, -0.15) is 0 Å². The van der Waals surface area contributed by atoms with Crippen molar-refractivity contribution in [3.63, 3.8) is 0 Å². The van der Waals surface area contributed by atoms with Crippen molar-refractivity contribution in [3.8, 4) is 0 Å². The van der Waals surface area contributed by atoms with Crippen LogP contribution in [-0.2, 0) is 22.6 Å². The fourth-order valence-electron chi connectivity index (χ4n) is 2.81. The molecule has 0 spiro atoms. The van der Waals surface area contributed by atoms with Gasteiger partial charge in [0.05, 0.1) is 16.5 Å². The van der Waals surface area contributed by atoms with E-state index in [1.165, 1.54) is 0 Å². The molecule has 2 rings (SSSR count). The van der Waals surface area contributed by atoms with Crippen LogP contribution in [0.25, 0.3) is 0 Å². The molecule has 0 bridgehead atoms. The van der Waals surface area contributed by atoms with Gasteiger partial charge in [0.15, 0.2) is 0 Å². The van der Waals surface area contributed by atoms with Crippen LogP contribution < -0.4 is 5.32 Å². The summed E-state index contributed by atoms with van der Waals surface area (Å²) in [5, 5.41) is 4.32. The molecule has 156 valence electrons. The molecule has 0 aliphatic rings. The molecular weight excluding hydrogens is 431 g/mol. The summed E-state index contributed by atoms with van der Waals surface area (Å²) in [5.74, 6) is -0.415. The van der Waals surface area contributed by atoms with Gasteiger partial charge in [-0.25, -0.2) is 0 Å². The third-order valence-corrected chi connectivity index (χ3v) is 5.22. The monoisotopic (exact) mass is 454 g/mol. The minimum atomic E-state index is -0.663. The van der Waals surface area contributed by atoms with E-state index in [2.05, 4.69) is 5.32 Å². The Morgan fingerprint density at radius 2 is 1.69 bits per heavy atom. The Morgan fingerprint density at radius 3 is 2.28 bits per heavy atom. The van der Waals surface area contributed by atoms with Gasteiger partial charge in [0, 0.05) is 17.1 Å². The summed E-state index contributed by atoms with van der Waals surface area (Å²) in [5.41, 5.74) is 1.17. The maximum atomic E-state index is 13.1. The number of carbonyl (C=O) groups excluding carboxylic acids is 2. The van der Waals surface area contributed by atoms with Crippen LogP contribution in [0.2, 0.25) is 15.1 Å². The average molecular weight is 456 g/mol. The lowest BCUT2D eigenvalue weighted by atomic mass is 10.1. The second kappa shape index (κ2) is 9.84. The molecule has 0 radical (unpaired) electrons. The van der Waals surface area contributed by atoms with Crippen LogP contribution >= 0.6 is 34.8 Å². The van der Waals surface area contributed by atoms with Crippen LogP contribution in [0, 0.1) is 0 Å². The van der Waals surface area contributed by atoms with E-state index in [-0.39, 0.29) is 24.8 Å². The first-order valence-corrected chi connectivity index (χ1v) is 10.4. The molecule has 1 N–H and O–H groups in total. The van der Waals surface area contributed by atoms with E-state index in [4.69, 9.17) is 34.8 Å². The number of nitrogens with zero attached hydrogens (tertiary/aromatic N) is 1. The topological polar surface area (TPSA) is 49.4 Å². The standard InChI is InChI=1S/C22H25Cl3N2O2/c1-14(21(29)26-22(2,3)4)27(13-16-6-5-7-17(23)10-16)20(28)12-15-8-9-18(24)19(25)11-15/h5-11,14H,12-13H2,1-4H3,(H,26,29)/t14-/m1/s1. The molecule has 2 aromatic rings. The molecule has 0 aromatic heterocycles. The Morgan fingerprint density at radius 1 is 1.00 bits per heavy atom. The fraction of sp³-hybridized carbons (Fsp3) is 0.364. The van der Waals surface area contributed by atoms with Gasteiger partial charge < -0.3 is 10.2 Å². The molecule has 0 saturated carbocycles.